The van der Waals surface area contributed by atoms with Gasteiger partial charge in [0.05, 0.1) is 12.2 Å². The minimum atomic E-state index is -3.63. The van der Waals surface area contributed by atoms with Crippen LogP contribution in [0.15, 0.2) is 26.3 Å². The van der Waals surface area contributed by atoms with Gasteiger partial charge in [-0.2, -0.15) is 0 Å². The largest absolute Gasteiger partial charge is 0.437 e. The van der Waals surface area contributed by atoms with Gasteiger partial charge in [-0.25, -0.2) is 13.1 Å². The normalized spacial score (nSPS) is 30.9. The third-order valence-electron chi connectivity index (χ3n) is 3.70. The Morgan fingerprint density at radius 1 is 1.35 bits per heavy atom. The van der Waals surface area contributed by atoms with Crippen LogP contribution in [0.2, 0.25) is 0 Å². The van der Waals surface area contributed by atoms with Crippen molar-refractivity contribution in [3.8, 4) is 0 Å². The summed E-state index contributed by atoms with van der Waals surface area (Å²) in [5, 5.41) is -0.0763. The summed E-state index contributed by atoms with van der Waals surface area (Å²) >= 11 is 3.10. The maximum absolute atomic E-state index is 12.2. The first kappa shape index (κ1) is 14.5. The van der Waals surface area contributed by atoms with Gasteiger partial charge in [-0.1, -0.05) is 0 Å². The van der Waals surface area contributed by atoms with Crippen LogP contribution in [-0.2, 0) is 19.5 Å². The molecule has 1 spiro atoms. The van der Waals surface area contributed by atoms with Crippen LogP contribution in [0, 0.1) is 0 Å². The fraction of sp³-hybridized carbons (Fsp3) is 0.667. The molecule has 2 atom stereocenters. The lowest BCUT2D eigenvalue weighted by atomic mass is 9.90. The predicted molar refractivity (Wildman–Crippen MR) is 73.9 cm³/mol. The van der Waals surface area contributed by atoms with E-state index in [1.165, 1.54) is 6.07 Å². The first-order chi connectivity index (χ1) is 9.49. The Morgan fingerprint density at radius 2 is 2.20 bits per heavy atom. The Kier molecular flexibility index (Phi) is 3.93. The number of ether oxygens (including phenoxy) is 2. The molecule has 0 amide bonds. The van der Waals surface area contributed by atoms with Crippen molar-refractivity contribution in [1.82, 2.24) is 4.72 Å². The van der Waals surface area contributed by atoms with Gasteiger partial charge in [0.15, 0.2) is 4.67 Å². The Morgan fingerprint density at radius 3 is 2.85 bits per heavy atom. The lowest BCUT2D eigenvalue weighted by molar-refractivity contribution is -0.0868. The first-order valence-electron chi connectivity index (χ1n) is 6.49. The lowest BCUT2D eigenvalue weighted by Crippen LogP contribution is -2.48. The van der Waals surface area contributed by atoms with Crippen molar-refractivity contribution in [1.29, 1.82) is 0 Å². The van der Waals surface area contributed by atoms with Crippen molar-refractivity contribution < 1.29 is 22.3 Å². The summed E-state index contributed by atoms with van der Waals surface area (Å²) in [6.45, 7) is 1.75. The average Bonchev–Trinajstić information content (AvgIpc) is 2.99. The van der Waals surface area contributed by atoms with Crippen molar-refractivity contribution in [3.63, 3.8) is 0 Å². The van der Waals surface area contributed by atoms with Gasteiger partial charge in [0.1, 0.15) is 0 Å². The van der Waals surface area contributed by atoms with Crippen molar-refractivity contribution in [3.05, 3.63) is 16.8 Å². The third-order valence-corrected chi connectivity index (χ3v) is 5.51. The summed E-state index contributed by atoms with van der Waals surface area (Å²) in [7, 11) is -3.63. The Balaban J connectivity index is 1.71. The molecule has 3 rings (SSSR count). The second-order valence-corrected chi connectivity index (χ2v) is 7.63. The quantitative estimate of drug-likeness (QED) is 0.881. The highest BCUT2D eigenvalue weighted by atomic mass is 79.9. The highest BCUT2D eigenvalue weighted by molar-refractivity contribution is 9.10. The first-order valence-corrected chi connectivity index (χ1v) is 8.76. The van der Waals surface area contributed by atoms with E-state index in [2.05, 4.69) is 20.7 Å². The molecule has 2 aliphatic heterocycles. The Bertz CT molecular complexity index is 578. The molecule has 1 N–H and O–H groups in total. The van der Waals surface area contributed by atoms with E-state index >= 15 is 0 Å². The van der Waals surface area contributed by atoms with Crippen LogP contribution in [0.3, 0.4) is 0 Å². The van der Waals surface area contributed by atoms with Gasteiger partial charge < -0.3 is 13.9 Å². The van der Waals surface area contributed by atoms with Crippen LogP contribution < -0.4 is 4.72 Å². The smallest absolute Gasteiger partial charge is 0.274 e. The summed E-state index contributed by atoms with van der Waals surface area (Å²) in [6.07, 6.45) is 2.11. The minimum Gasteiger partial charge on any atom is -0.437 e. The molecule has 8 heteroatoms. The Labute approximate surface area is 126 Å². The molecular weight excluding hydrogens is 350 g/mol. The van der Waals surface area contributed by atoms with E-state index in [4.69, 9.17) is 13.9 Å². The van der Waals surface area contributed by atoms with Crippen molar-refractivity contribution >= 4 is 26.0 Å². The van der Waals surface area contributed by atoms with Crippen LogP contribution in [0.4, 0.5) is 0 Å². The molecule has 2 saturated heterocycles. The van der Waals surface area contributed by atoms with E-state index in [-0.39, 0.29) is 16.7 Å². The maximum atomic E-state index is 12.2. The predicted octanol–water partition coefficient (Wildman–Crippen LogP) is 1.66. The number of nitrogens with one attached hydrogen (secondary N) is 1. The molecule has 0 bridgehead atoms. The van der Waals surface area contributed by atoms with Gasteiger partial charge in [-0.05, 0) is 40.9 Å². The molecule has 0 aromatic carbocycles. The van der Waals surface area contributed by atoms with Gasteiger partial charge in [-0.15, -0.1) is 0 Å². The molecular formula is C12H16BrNO5S. The zero-order chi connectivity index (χ0) is 14.2. The van der Waals surface area contributed by atoms with Crippen LogP contribution in [0.5, 0.6) is 0 Å². The highest BCUT2D eigenvalue weighted by Crippen LogP contribution is 2.33. The van der Waals surface area contributed by atoms with Crippen LogP contribution in [-0.4, -0.2) is 39.9 Å². The summed E-state index contributed by atoms with van der Waals surface area (Å²) < 4.78 is 43.8. The molecule has 2 aliphatic rings. The zero-order valence-electron chi connectivity index (χ0n) is 10.8. The van der Waals surface area contributed by atoms with Crippen LogP contribution in [0.25, 0.3) is 0 Å². The summed E-state index contributed by atoms with van der Waals surface area (Å²) in [6, 6.07) is 2.84. The van der Waals surface area contributed by atoms with Gasteiger partial charge in [0.2, 0.25) is 5.09 Å². The van der Waals surface area contributed by atoms with E-state index in [0.29, 0.717) is 37.3 Å². The second kappa shape index (κ2) is 5.42. The number of hydrogen-bond acceptors (Lipinski definition) is 5. The lowest BCUT2D eigenvalue weighted by Gasteiger charge is -2.37. The van der Waals surface area contributed by atoms with Crippen molar-refractivity contribution in [2.75, 3.05) is 19.8 Å². The molecule has 1 aromatic rings. The molecule has 112 valence electrons. The SMILES string of the molecule is O=S(=O)(NC1CCOC2(CCOC2)C1)c1ccc(Br)o1. The fourth-order valence-electron chi connectivity index (χ4n) is 2.71. The molecule has 20 heavy (non-hydrogen) atoms. The minimum absolute atomic E-state index is 0.0763. The van der Waals surface area contributed by atoms with E-state index in [1.807, 2.05) is 0 Å². The number of rotatable bonds is 3. The molecule has 0 aliphatic carbocycles. The van der Waals surface area contributed by atoms with Gasteiger partial charge in [0, 0.05) is 25.7 Å². The monoisotopic (exact) mass is 365 g/mol. The van der Waals surface area contributed by atoms with E-state index in [9.17, 15) is 8.42 Å². The third kappa shape index (κ3) is 2.94. The van der Waals surface area contributed by atoms with Crippen molar-refractivity contribution in [2.45, 2.75) is 36.0 Å². The number of halogens is 1. The van der Waals surface area contributed by atoms with Crippen LogP contribution in [0.1, 0.15) is 19.3 Å². The van der Waals surface area contributed by atoms with Crippen LogP contribution >= 0.6 is 15.9 Å². The summed E-state index contributed by atoms with van der Waals surface area (Å²) in [5.41, 5.74) is -0.324. The van der Waals surface area contributed by atoms with Gasteiger partial charge in [-0.3, -0.25) is 0 Å². The molecule has 2 fully saturated rings. The maximum Gasteiger partial charge on any atom is 0.274 e. The molecule has 3 heterocycles. The molecule has 6 nitrogen and oxygen atoms in total. The summed E-state index contributed by atoms with van der Waals surface area (Å²) in [4.78, 5) is 0. The van der Waals surface area contributed by atoms with Gasteiger partial charge >= 0.3 is 0 Å². The summed E-state index contributed by atoms with van der Waals surface area (Å²) in [5.74, 6) is 0. The Hall–Kier alpha value is -0.410. The topological polar surface area (TPSA) is 77.8 Å². The number of sulfonamides is 1. The van der Waals surface area contributed by atoms with E-state index in [0.717, 1.165) is 6.42 Å². The number of hydrogen-bond donors (Lipinski definition) is 1. The number of furan rings is 1. The fourth-order valence-corrected chi connectivity index (χ4v) is 4.33. The van der Waals surface area contributed by atoms with Crippen molar-refractivity contribution in [2.24, 2.45) is 0 Å². The molecule has 2 unspecified atom stereocenters. The highest BCUT2D eigenvalue weighted by Gasteiger charge is 2.42. The molecule has 0 radical (unpaired) electrons. The van der Waals surface area contributed by atoms with E-state index < -0.39 is 10.0 Å². The van der Waals surface area contributed by atoms with Gasteiger partial charge in [0.25, 0.3) is 10.0 Å². The zero-order valence-corrected chi connectivity index (χ0v) is 13.2. The average molecular weight is 366 g/mol. The molecule has 0 saturated carbocycles. The second-order valence-electron chi connectivity index (χ2n) is 5.20. The standard InChI is InChI=1S/C12H16BrNO5S/c13-10-1-2-11(19-10)20(15,16)14-9-3-5-18-12(7-9)4-6-17-8-12/h1-2,9,14H,3-8H2. The molecule has 1 aromatic heterocycles. The van der Waals surface area contributed by atoms with E-state index in [1.54, 1.807) is 6.07 Å².